The van der Waals surface area contributed by atoms with Crippen LogP contribution in [0.3, 0.4) is 0 Å². The van der Waals surface area contributed by atoms with E-state index in [4.69, 9.17) is 16.0 Å². The van der Waals surface area contributed by atoms with Crippen LogP contribution in [0.15, 0.2) is 34.9 Å². The van der Waals surface area contributed by atoms with Gasteiger partial charge in [0.05, 0.1) is 12.1 Å². The monoisotopic (exact) mass is 369 g/mol. The number of amides is 1. The van der Waals surface area contributed by atoms with E-state index in [2.05, 4.69) is 22.5 Å². The Labute approximate surface area is 152 Å². The third-order valence-corrected chi connectivity index (χ3v) is 4.37. The second-order valence-corrected chi connectivity index (χ2v) is 6.41. The van der Waals surface area contributed by atoms with Gasteiger partial charge in [0.15, 0.2) is 0 Å². The molecule has 2 heterocycles. The summed E-state index contributed by atoms with van der Waals surface area (Å²) < 4.78 is 5.46. The number of carbonyl (C=O) groups excluding carboxylic acids is 1. The van der Waals surface area contributed by atoms with Gasteiger partial charge in [0.2, 0.25) is 11.8 Å². The minimum atomic E-state index is -0.0142. The van der Waals surface area contributed by atoms with E-state index in [1.807, 2.05) is 12.1 Å². The molecule has 2 unspecified atom stereocenters. The van der Waals surface area contributed by atoms with Gasteiger partial charge in [-0.3, -0.25) is 4.79 Å². The zero-order valence-electron chi connectivity index (χ0n) is 13.4. The Bertz CT molecular complexity index is 673. The number of carbonyl (C=O) groups is 1. The number of nitrogens with one attached hydrogen (secondary N) is 2. The number of aromatic nitrogens is 1. The van der Waals surface area contributed by atoms with Gasteiger partial charge in [-0.1, -0.05) is 18.5 Å². The Morgan fingerprint density at radius 1 is 1.42 bits per heavy atom. The first kappa shape index (κ1) is 18.8. The molecule has 1 amide bonds. The smallest absolute Gasteiger partial charge is 0.226 e. The van der Waals surface area contributed by atoms with Crippen LogP contribution in [-0.2, 0) is 11.2 Å². The molecule has 5 nitrogen and oxygen atoms in total. The van der Waals surface area contributed by atoms with Crippen LogP contribution in [0, 0.1) is 5.92 Å². The van der Waals surface area contributed by atoms with Gasteiger partial charge in [0.25, 0.3) is 0 Å². The lowest BCUT2D eigenvalue weighted by Crippen LogP contribution is -2.48. The fraction of sp³-hybridized carbons (Fsp3) is 0.412. The first-order valence-corrected chi connectivity index (χ1v) is 8.20. The molecule has 1 aliphatic heterocycles. The number of benzene rings is 1. The standard InChI is InChI=1S/C17H20ClN3O2.ClH/c1-11-9-19-7-6-15(11)21-16(22)8-14-10-23-17(20-14)12-2-4-13(18)5-3-12;/h2-5,10-11,15,19H,6-9H2,1H3,(H,21,22);1H. The van der Waals surface area contributed by atoms with E-state index in [0.29, 0.717) is 22.5 Å². The van der Waals surface area contributed by atoms with Crippen molar-refractivity contribution in [2.45, 2.75) is 25.8 Å². The van der Waals surface area contributed by atoms with Crippen molar-refractivity contribution >= 4 is 29.9 Å². The molecule has 0 aliphatic carbocycles. The lowest BCUT2D eigenvalue weighted by Gasteiger charge is -2.30. The summed E-state index contributed by atoms with van der Waals surface area (Å²) in [5, 5.41) is 7.08. The molecular formula is C17H21Cl2N3O2. The molecule has 7 heteroatoms. The Hall–Kier alpha value is -1.56. The summed E-state index contributed by atoms with van der Waals surface area (Å²) in [5.41, 5.74) is 1.47. The van der Waals surface area contributed by atoms with Crippen LogP contribution in [0.2, 0.25) is 5.02 Å². The fourth-order valence-corrected chi connectivity index (χ4v) is 2.89. The van der Waals surface area contributed by atoms with Crippen molar-refractivity contribution in [1.82, 2.24) is 15.6 Å². The highest BCUT2D eigenvalue weighted by Crippen LogP contribution is 2.21. The number of nitrogens with zero attached hydrogens (tertiary/aromatic N) is 1. The second-order valence-electron chi connectivity index (χ2n) is 5.97. The van der Waals surface area contributed by atoms with Gasteiger partial charge in [0.1, 0.15) is 6.26 Å². The molecular weight excluding hydrogens is 349 g/mol. The van der Waals surface area contributed by atoms with Gasteiger partial charge >= 0.3 is 0 Å². The van der Waals surface area contributed by atoms with Crippen LogP contribution in [0.25, 0.3) is 11.5 Å². The van der Waals surface area contributed by atoms with Crippen LogP contribution in [-0.4, -0.2) is 30.0 Å². The summed E-state index contributed by atoms with van der Waals surface area (Å²) >= 11 is 5.87. The average molecular weight is 370 g/mol. The zero-order valence-corrected chi connectivity index (χ0v) is 15.0. The van der Waals surface area contributed by atoms with Gasteiger partial charge in [-0.15, -0.1) is 12.4 Å². The van der Waals surface area contributed by atoms with E-state index in [0.717, 1.165) is 25.1 Å². The van der Waals surface area contributed by atoms with Crippen molar-refractivity contribution in [3.63, 3.8) is 0 Å². The highest BCUT2D eigenvalue weighted by Gasteiger charge is 2.23. The van der Waals surface area contributed by atoms with Crippen molar-refractivity contribution in [3.8, 4) is 11.5 Å². The normalized spacial score (nSPS) is 20.2. The van der Waals surface area contributed by atoms with Gasteiger partial charge in [-0.2, -0.15) is 0 Å². The second kappa shape index (κ2) is 8.51. The van der Waals surface area contributed by atoms with E-state index in [-0.39, 0.29) is 30.8 Å². The van der Waals surface area contributed by atoms with Gasteiger partial charge in [-0.25, -0.2) is 4.98 Å². The number of piperidine rings is 1. The minimum Gasteiger partial charge on any atom is -0.444 e. The van der Waals surface area contributed by atoms with E-state index < -0.39 is 0 Å². The molecule has 1 aromatic carbocycles. The molecule has 130 valence electrons. The first-order chi connectivity index (χ1) is 11.1. The van der Waals surface area contributed by atoms with Gasteiger partial charge < -0.3 is 15.1 Å². The fourth-order valence-electron chi connectivity index (χ4n) is 2.76. The van der Waals surface area contributed by atoms with Crippen molar-refractivity contribution in [3.05, 3.63) is 41.2 Å². The maximum Gasteiger partial charge on any atom is 0.226 e. The van der Waals surface area contributed by atoms with Crippen LogP contribution < -0.4 is 10.6 Å². The van der Waals surface area contributed by atoms with Crippen LogP contribution in [0.5, 0.6) is 0 Å². The summed E-state index contributed by atoms with van der Waals surface area (Å²) in [6, 6.07) is 7.48. The minimum absolute atomic E-state index is 0. The molecule has 0 radical (unpaired) electrons. The molecule has 2 aromatic rings. The molecule has 1 aromatic heterocycles. The highest BCUT2D eigenvalue weighted by atomic mass is 35.5. The van der Waals surface area contributed by atoms with E-state index in [1.54, 1.807) is 12.1 Å². The molecule has 2 N–H and O–H groups in total. The third kappa shape index (κ3) is 4.72. The molecule has 0 spiro atoms. The maximum absolute atomic E-state index is 12.2. The summed E-state index contributed by atoms with van der Waals surface area (Å²) in [4.78, 5) is 16.6. The van der Waals surface area contributed by atoms with Gasteiger partial charge in [-0.05, 0) is 49.7 Å². The molecule has 0 saturated carbocycles. The highest BCUT2D eigenvalue weighted by molar-refractivity contribution is 6.30. The SMILES string of the molecule is CC1CNCCC1NC(=O)Cc1coc(-c2ccc(Cl)cc2)n1.Cl. The van der Waals surface area contributed by atoms with Crippen LogP contribution in [0.4, 0.5) is 0 Å². The average Bonchev–Trinajstić information content (AvgIpc) is 2.98. The van der Waals surface area contributed by atoms with Crippen LogP contribution in [0.1, 0.15) is 19.0 Å². The molecule has 1 fully saturated rings. The number of hydrogen-bond acceptors (Lipinski definition) is 4. The van der Waals surface area contributed by atoms with Crippen molar-refractivity contribution in [2.24, 2.45) is 5.92 Å². The molecule has 24 heavy (non-hydrogen) atoms. The Morgan fingerprint density at radius 2 is 2.17 bits per heavy atom. The Kier molecular flexibility index (Phi) is 6.66. The summed E-state index contributed by atoms with van der Waals surface area (Å²) in [5.74, 6) is 0.925. The van der Waals surface area contributed by atoms with E-state index in [1.165, 1.54) is 6.26 Å². The number of hydrogen-bond donors (Lipinski definition) is 2. The third-order valence-electron chi connectivity index (χ3n) is 4.12. The lowest BCUT2D eigenvalue weighted by molar-refractivity contribution is -0.121. The Morgan fingerprint density at radius 3 is 2.88 bits per heavy atom. The largest absolute Gasteiger partial charge is 0.444 e. The summed E-state index contributed by atoms with van der Waals surface area (Å²) in [7, 11) is 0. The predicted octanol–water partition coefficient (Wildman–Crippen LogP) is 3.07. The zero-order chi connectivity index (χ0) is 16.2. The predicted molar refractivity (Wildman–Crippen MR) is 96.5 cm³/mol. The van der Waals surface area contributed by atoms with E-state index in [9.17, 15) is 4.79 Å². The van der Waals surface area contributed by atoms with Crippen molar-refractivity contribution < 1.29 is 9.21 Å². The summed E-state index contributed by atoms with van der Waals surface area (Å²) in [6.45, 7) is 4.03. The van der Waals surface area contributed by atoms with Crippen molar-refractivity contribution in [1.29, 1.82) is 0 Å². The molecule has 3 rings (SSSR count). The van der Waals surface area contributed by atoms with Crippen molar-refractivity contribution in [2.75, 3.05) is 13.1 Å². The molecule has 1 aliphatic rings. The van der Waals surface area contributed by atoms with Crippen LogP contribution >= 0.6 is 24.0 Å². The molecule has 2 atom stereocenters. The number of rotatable bonds is 4. The first-order valence-electron chi connectivity index (χ1n) is 7.82. The molecule has 0 bridgehead atoms. The Balaban J connectivity index is 0.00000208. The molecule has 1 saturated heterocycles. The lowest BCUT2D eigenvalue weighted by atomic mass is 9.95. The van der Waals surface area contributed by atoms with Gasteiger partial charge in [0, 0.05) is 16.6 Å². The summed E-state index contributed by atoms with van der Waals surface area (Å²) in [6.07, 6.45) is 2.73. The van der Waals surface area contributed by atoms with E-state index >= 15 is 0 Å². The maximum atomic E-state index is 12.2. The number of oxazole rings is 1. The topological polar surface area (TPSA) is 67.2 Å². The number of halogens is 2. The quantitative estimate of drug-likeness (QED) is 0.868.